The summed E-state index contributed by atoms with van der Waals surface area (Å²) >= 11 is 0. The molecule has 84 valence electrons. The third-order valence-corrected chi connectivity index (χ3v) is 3.06. The molecule has 1 fully saturated rings. The van der Waals surface area contributed by atoms with Crippen molar-refractivity contribution in [2.45, 2.75) is 32.4 Å². The topological polar surface area (TPSA) is 28.4 Å². The van der Waals surface area contributed by atoms with Crippen LogP contribution in [-0.2, 0) is 0 Å². The fraction of sp³-hybridized carbons (Fsp3) is 0.667. The summed E-state index contributed by atoms with van der Waals surface area (Å²) in [6.07, 6.45) is 1.24. The zero-order chi connectivity index (χ0) is 10.8. The molecule has 1 aromatic heterocycles. The van der Waals surface area contributed by atoms with E-state index in [1.54, 1.807) is 0 Å². The number of likely N-dealkylation sites (tertiary alicyclic amines) is 1. The van der Waals surface area contributed by atoms with Gasteiger partial charge in [0.25, 0.3) is 0 Å². The van der Waals surface area contributed by atoms with Gasteiger partial charge in [0.15, 0.2) is 0 Å². The number of nitrogens with one attached hydrogen (secondary N) is 1. The molecule has 0 radical (unpaired) electrons. The number of nitrogens with zero attached hydrogens (tertiary/aromatic N) is 1. The SMILES string of the molecule is Cc1ccc([C@@H](C)N[C@@H]2CCN(C)C2)o1. The van der Waals surface area contributed by atoms with Gasteiger partial charge in [0.05, 0.1) is 6.04 Å². The Hall–Kier alpha value is -0.800. The van der Waals surface area contributed by atoms with E-state index in [1.807, 2.05) is 13.0 Å². The van der Waals surface area contributed by atoms with Crippen molar-refractivity contribution in [1.29, 1.82) is 0 Å². The summed E-state index contributed by atoms with van der Waals surface area (Å²) in [5.74, 6) is 2.03. The van der Waals surface area contributed by atoms with E-state index in [-0.39, 0.29) is 0 Å². The lowest BCUT2D eigenvalue weighted by atomic mass is 10.2. The normalized spacial score (nSPS) is 24.6. The summed E-state index contributed by atoms with van der Waals surface area (Å²) < 4.78 is 5.61. The zero-order valence-electron chi connectivity index (χ0n) is 9.79. The molecule has 0 spiro atoms. The van der Waals surface area contributed by atoms with Crippen molar-refractivity contribution in [3.63, 3.8) is 0 Å². The molecule has 0 amide bonds. The molecule has 0 unspecified atom stereocenters. The Morgan fingerprint density at radius 2 is 2.33 bits per heavy atom. The first-order valence-electron chi connectivity index (χ1n) is 5.66. The summed E-state index contributed by atoms with van der Waals surface area (Å²) in [6, 6.07) is 5.01. The third-order valence-electron chi connectivity index (χ3n) is 3.06. The maximum absolute atomic E-state index is 5.61. The van der Waals surface area contributed by atoms with E-state index in [4.69, 9.17) is 4.42 Å². The number of likely N-dealkylation sites (N-methyl/N-ethyl adjacent to an activating group) is 1. The lowest BCUT2D eigenvalue weighted by molar-refractivity contribution is 0.361. The van der Waals surface area contributed by atoms with Gasteiger partial charge in [-0.25, -0.2) is 0 Å². The zero-order valence-corrected chi connectivity index (χ0v) is 9.79. The van der Waals surface area contributed by atoms with E-state index in [2.05, 4.69) is 30.3 Å². The maximum Gasteiger partial charge on any atom is 0.120 e. The second-order valence-electron chi connectivity index (χ2n) is 4.58. The van der Waals surface area contributed by atoms with Gasteiger partial charge in [-0.05, 0) is 46.0 Å². The molecule has 3 heteroatoms. The Morgan fingerprint density at radius 3 is 2.87 bits per heavy atom. The van der Waals surface area contributed by atoms with Crippen LogP contribution in [0.25, 0.3) is 0 Å². The molecule has 2 atom stereocenters. The number of rotatable bonds is 3. The first kappa shape index (κ1) is 10.7. The Balaban J connectivity index is 1.89. The van der Waals surface area contributed by atoms with Crippen LogP contribution in [0.1, 0.15) is 30.9 Å². The van der Waals surface area contributed by atoms with E-state index in [1.165, 1.54) is 13.0 Å². The van der Waals surface area contributed by atoms with Crippen LogP contribution >= 0.6 is 0 Å². The number of furan rings is 1. The fourth-order valence-corrected chi connectivity index (χ4v) is 2.19. The number of hydrogen-bond acceptors (Lipinski definition) is 3. The average molecular weight is 208 g/mol. The highest BCUT2D eigenvalue weighted by molar-refractivity contribution is 5.09. The molecule has 1 saturated heterocycles. The van der Waals surface area contributed by atoms with Crippen LogP contribution in [0.5, 0.6) is 0 Å². The Kier molecular flexibility index (Phi) is 3.12. The largest absolute Gasteiger partial charge is 0.465 e. The van der Waals surface area contributed by atoms with Gasteiger partial charge in [0.2, 0.25) is 0 Å². The van der Waals surface area contributed by atoms with E-state index < -0.39 is 0 Å². The molecule has 1 aromatic rings. The molecule has 1 N–H and O–H groups in total. The van der Waals surface area contributed by atoms with E-state index in [0.717, 1.165) is 18.1 Å². The maximum atomic E-state index is 5.61. The molecule has 1 aliphatic heterocycles. The van der Waals surface area contributed by atoms with Crippen molar-refractivity contribution in [3.05, 3.63) is 23.7 Å². The molecule has 0 bridgehead atoms. The van der Waals surface area contributed by atoms with Gasteiger partial charge in [-0.3, -0.25) is 0 Å². The minimum absolute atomic E-state index is 0.315. The second kappa shape index (κ2) is 4.37. The van der Waals surface area contributed by atoms with Crippen LogP contribution < -0.4 is 5.32 Å². The minimum Gasteiger partial charge on any atom is -0.465 e. The molecular weight excluding hydrogens is 188 g/mol. The van der Waals surface area contributed by atoms with E-state index in [0.29, 0.717) is 12.1 Å². The van der Waals surface area contributed by atoms with Crippen molar-refractivity contribution in [2.75, 3.05) is 20.1 Å². The highest BCUT2D eigenvalue weighted by Crippen LogP contribution is 2.18. The standard InChI is InChI=1S/C12H20N2O/c1-9-4-5-12(15-9)10(2)13-11-6-7-14(3)8-11/h4-5,10-11,13H,6-8H2,1-3H3/t10-,11-/m1/s1. The third kappa shape index (κ3) is 2.61. The van der Waals surface area contributed by atoms with Gasteiger partial charge in [-0.15, -0.1) is 0 Å². The van der Waals surface area contributed by atoms with Crippen LogP contribution in [0.15, 0.2) is 16.5 Å². The van der Waals surface area contributed by atoms with Gasteiger partial charge in [-0.2, -0.15) is 0 Å². The molecular formula is C12H20N2O. The predicted molar refractivity (Wildman–Crippen MR) is 60.9 cm³/mol. The molecule has 2 heterocycles. The van der Waals surface area contributed by atoms with Gasteiger partial charge in [0.1, 0.15) is 11.5 Å². The van der Waals surface area contributed by atoms with Crippen LogP contribution in [-0.4, -0.2) is 31.1 Å². The van der Waals surface area contributed by atoms with Crippen molar-refractivity contribution in [3.8, 4) is 0 Å². The monoisotopic (exact) mass is 208 g/mol. The van der Waals surface area contributed by atoms with E-state index >= 15 is 0 Å². The number of hydrogen-bond donors (Lipinski definition) is 1. The van der Waals surface area contributed by atoms with Crippen molar-refractivity contribution in [1.82, 2.24) is 10.2 Å². The molecule has 15 heavy (non-hydrogen) atoms. The molecule has 3 nitrogen and oxygen atoms in total. The van der Waals surface area contributed by atoms with Gasteiger partial charge in [0, 0.05) is 12.6 Å². The Morgan fingerprint density at radius 1 is 1.53 bits per heavy atom. The summed E-state index contributed by atoms with van der Waals surface area (Å²) in [7, 11) is 2.17. The molecule has 0 aliphatic carbocycles. The van der Waals surface area contributed by atoms with Crippen molar-refractivity contribution in [2.24, 2.45) is 0 Å². The van der Waals surface area contributed by atoms with Gasteiger partial charge < -0.3 is 14.6 Å². The summed E-state index contributed by atoms with van der Waals surface area (Å²) in [5, 5.41) is 3.60. The highest BCUT2D eigenvalue weighted by Gasteiger charge is 2.22. The van der Waals surface area contributed by atoms with Crippen LogP contribution in [0.3, 0.4) is 0 Å². The number of aryl methyl sites for hydroxylation is 1. The lowest BCUT2D eigenvalue weighted by Crippen LogP contribution is -2.33. The Bertz CT molecular complexity index is 321. The average Bonchev–Trinajstić information content (AvgIpc) is 2.75. The fourth-order valence-electron chi connectivity index (χ4n) is 2.19. The van der Waals surface area contributed by atoms with Gasteiger partial charge >= 0.3 is 0 Å². The minimum atomic E-state index is 0.315. The van der Waals surface area contributed by atoms with Gasteiger partial charge in [-0.1, -0.05) is 0 Å². The first-order valence-corrected chi connectivity index (χ1v) is 5.66. The molecule has 0 aromatic carbocycles. The summed E-state index contributed by atoms with van der Waals surface area (Å²) in [5.41, 5.74) is 0. The summed E-state index contributed by atoms with van der Waals surface area (Å²) in [4.78, 5) is 2.36. The van der Waals surface area contributed by atoms with Crippen LogP contribution in [0, 0.1) is 6.92 Å². The smallest absolute Gasteiger partial charge is 0.120 e. The molecule has 0 saturated carbocycles. The van der Waals surface area contributed by atoms with Crippen molar-refractivity contribution >= 4 is 0 Å². The van der Waals surface area contributed by atoms with Crippen LogP contribution in [0.2, 0.25) is 0 Å². The summed E-state index contributed by atoms with van der Waals surface area (Å²) in [6.45, 7) is 6.49. The van der Waals surface area contributed by atoms with Crippen LogP contribution in [0.4, 0.5) is 0 Å². The molecule has 1 aliphatic rings. The highest BCUT2D eigenvalue weighted by atomic mass is 16.3. The Labute approximate surface area is 91.4 Å². The lowest BCUT2D eigenvalue weighted by Gasteiger charge is -2.17. The molecule has 2 rings (SSSR count). The van der Waals surface area contributed by atoms with E-state index in [9.17, 15) is 0 Å². The second-order valence-corrected chi connectivity index (χ2v) is 4.58. The predicted octanol–water partition coefficient (Wildman–Crippen LogP) is 1.94. The first-order chi connectivity index (χ1) is 7.15. The quantitative estimate of drug-likeness (QED) is 0.823. The van der Waals surface area contributed by atoms with Crippen molar-refractivity contribution < 1.29 is 4.42 Å².